The number of nitrogens with one attached hydrogen (secondary N) is 3. The second-order valence-electron chi connectivity index (χ2n) is 6.20. The molecule has 0 bridgehead atoms. The highest BCUT2D eigenvalue weighted by Crippen LogP contribution is 2.24. The molecule has 0 atom stereocenters. The Bertz CT molecular complexity index is 977. The van der Waals surface area contributed by atoms with Gasteiger partial charge in [0, 0.05) is 27.8 Å². The monoisotopic (exact) mass is 369 g/mol. The van der Waals surface area contributed by atoms with Crippen molar-refractivity contribution < 1.29 is 14.0 Å². The van der Waals surface area contributed by atoms with Crippen molar-refractivity contribution in [3.63, 3.8) is 0 Å². The summed E-state index contributed by atoms with van der Waals surface area (Å²) < 4.78 is 5.54. The van der Waals surface area contributed by atoms with Gasteiger partial charge in [-0.15, -0.1) is 0 Å². The number of furan rings is 1. The topological polar surface area (TPSA) is 83.4 Å². The first-order valence-corrected chi connectivity index (χ1v) is 8.63. The lowest BCUT2D eigenvalue weighted by atomic mass is 10.2. The van der Waals surface area contributed by atoms with E-state index >= 15 is 0 Å². The summed E-state index contributed by atoms with van der Waals surface area (Å²) in [6, 6.07) is 13.8. The molecule has 0 unspecified atom stereocenters. The highest BCUT2D eigenvalue weighted by atomic mass is 35.5. The van der Waals surface area contributed by atoms with Crippen molar-refractivity contribution in [3.8, 4) is 0 Å². The minimum Gasteiger partial charge on any atom is -0.451 e. The molecule has 1 aliphatic carbocycles. The van der Waals surface area contributed by atoms with Crippen LogP contribution in [-0.2, 0) is 0 Å². The van der Waals surface area contributed by atoms with Gasteiger partial charge in [0.05, 0.1) is 0 Å². The van der Waals surface area contributed by atoms with Crippen LogP contribution in [0, 0.1) is 0 Å². The fourth-order valence-electron chi connectivity index (χ4n) is 2.54. The minimum atomic E-state index is -0.357. The molecule has 1 aromatic heterocycles. The largest absolute Gasteiger partial charge is 0.451 e. The molecule has 26 heavy (non-hydrogen) atoms. The van der Waals surface area contributed by atoms with E-state index in [1.165, 1.54) is 0 Å². The molecule has 0 spiro atoms. The predicted molar refractivity (Wildman–Crippen MR) is 101 cm³/mol. The molecule has 0 saturated heterocycles. The predicted octanol–water partition coefficient (Wildman–Crippen LogP) is 4.62. The summed E-state index contributed by atoms with van der Waals surface area (Å²) in [5.74, 6) is -0.155. The molecule has 3 N–H and O–H groups in total. The number of halogens is 1. The molecule has 0 aliphatic heterocycles. The third kappa shape index (κ3) is 3.81. The van der Waals surface area contributed by atoms with Gasteiger partial charge in [-0.25, -0.2) is 4.79 Å². The van der Waals surface area contributed by atoms with Crippen LogP contribution in [0.2, 0.25) is 5.02 Å². The van der Waals surface area contributed by atoms with Crippen molar-refractivity contribution in [1.82, 2.24) is 5.32 Å². The number of hydrogen-bond acceptors (Lipinski definition) is 3. The molecule has 7 heteroatoms. The van der Waals surface area contributed by atoms with Crippen LogP contribution in [0.4, 0.5) is 16.2 Å². The maximum Gasteiger partial charge on any atom is 0.319 e. The van der Waals surface area contributed by atoms with E-state index in [1.807, 2.05) is 0 Å². The maximum atomic E-state index is 12.3. The molecule has 2 aromatic carbocycles. The summed E-state index contributed by atoms with van der Waals surface area (Å²) >= 11 is 5.94. The zero-order chi connectivity index (χ0) is 18.1. The van der Waals surface area contributed by atoms with E-state index in [1.54, 1.807) is 48.5 Å². The number of anilines is 2. The molecule has 4 rings (SSSR count). The van der Waals surface area contributed by atoms with Crippen LogP contribution in [0.15, 0.2) is 52.9 Å². The van der Waals surface area contributed by atoms with E-state index in [9.17, 15) is 9.59 Å². The lowest BCUT2D eigenvalue weighted by molar-refractivity contribution is 0.0998. The summed E-state index contributed by atoms with van der Waals surface area (Å²) in [7, 11) is 0. The summed E-state index contributed by atoms with van der Waals surface area (Å²) in [6.45, 7) is 0. The molecule has 1 fully saturated rings. The lowest BCUT2D eigenvalue weighted by Crippen LogP contribution is -2.30. The Kier molecular flexibility index (Phi) is 4.26. The van der Waals surface area contributed by atoms with Crippen LogP contribution in [0.5, 0.6) is 0 Å². The van der Waals surface area contributed by atoms with Crippen molar-refractivity contribution in [1.29, 1.82) is 0 Å². The van der Waals surface area contributed by atoms with Crippen molar-refractivity contribution in [2.24, 2.45) is 0 Å². The van der Waals surface area contributed by atoms with E-state index < -0.39 is 0 Å². The lowest BCUT2D eigenvalue weighted by Gasteiger charge is -2.08. The second kappa shape index (κ2) is 6.72. The highest BCUT2D eigenvalue weighted by Gasteiger charge is 2.23. The van der Waals surface area contributed by atoms with Gasteiger partial charge in [0.15, 0.2) is 5.76 Å². The summed E-state index contributed by atoms with van der Waals surface area (Å²) in [6.07, 6.45) is 2.07. The molecular weight excluding hydrogens is 354 g/mol. The van der Waals surface area contributed by atoms with Crippen LogP contribution < -0.4 is 16.0 Å². The first-order valence-electron chi connectivity index (χ1n) is 8.25. The van der Waals surface area contributed by atoms with Crippen molar-refractivity contribution >= 4 is 45.9 Å². The van der Waals surface area contributed by atoms with Crippen molar-refractivity contribution in [3.05, 3.63) is 59.3 Å². The molecule has 1 saturated carbocycles. The first kappa shape index (κ1) is 16.5. The number of urea groups is 1. The fourth-order valence-corrected chi connectivity index (χ4v) is 2.72. The molecule has 132 valence electrons. The van der Waals surface area contributed by atoms with E-state index in [4.69, 9.17) is 16.0 Å². The fraction of sp³-hybridized carbons (Fsp3) is 0.158. The molecule has 1 heterocycles. The van der Waals surface area contributed by atoms with Crippen molar-refractivity contribution in [2.75, 3.05) is 10.6 Å². The normalized spacial score (nSPS) is 13.4. The second-order valence-corrected chi connectivity index (χ2v) is 6.63. The van der Waals surface area contributed by atoms with Gasteiger partial charge in [0.1, 0.15) is 5.58 Å². The van der Waals surface area contributed by atoms with Gasteiger partial charge in [0.25, 0.3) is 5.91 Å². The van der Waals surface area contributed by atoms with Gasteiger partial charge in [-0.2, -0.15) is 0 Å². The quantitative estimate of drug-likeness (QED) is 0.627. The van der Waals surface area contributed by atoms with E-state index in [0.717, 1.165) is 18.2 Å². The van der Waals surface area contributed by atoms with E-state index in [0.29, 0.717) is 28.0 Å². The van der Waals surface area contributed by atoms with Crippen molar-refractivity contribution in [2.45, 2.75) is 18.9 Å². The van der Waals surface area contributed by atoms with Crippen LogP contribution in [0.3, 0.4) is 0 Å². The van der Waals surface area contributed by atoms with Gasteiger partial charge in [0.2, 0.25) is 0 Å². The van der Waals surface area contributed by atoms with Crippen LogP contribution in [0.25, 0.3) is 11.0 Å². The van der Waals surface area contributed by atoms with E-state index in [-0.39, 0.29) is 17.7 Å². The Labute approximate surface area is 154 Å². The van der Waals surface area contributed by atoms with Gasteiger partial charge >= 0.3 is 6.03 Å². The Morgan fingerprint density at radius 2 is 1.65 bits per heavy atom. The average molecular weight is 370 g/mol. The summed E-state index contributed by atoms with van der Waals surface area (Å²) in [4.78, 5) is 24.0. The molecule has 6 nitrogen and oxygen atoms in total. The zero-order valence-corrected chi connectivity index (χ0v) is 14.5. The zero-order valence-electron chi connectivity index (χ0n) is 13.7. The number of fused-ring (bicyclic) bond motifs is 1. The Hall–Kier alpha value is -2.99. The minimum absolute atomic E-state index is 0.202. The van der Waals surface area contributed by atoms with Gasteiger partial charge in [-0.3, -0.25) is 4.79 Å². The third-order valence-electron chi connectivity index (χ3n) is 4.02. The van der Waals surface area contributed by atoms with Crippen LogP contribution in [0.1, 0.15) is 23.4 Å². The van der Waals surface area contributed by atoms with Crippen LogP contribution in [-0.4, -0.2) is 18.0 Å². The number of amides is 3. The third-order valence-corrected chi connectivity index (χ3v) is 4.25. The first-order chi connectivity index (χ1) is 12.6. The number of hydrogen-bond donors (Lipinski definition) is 3. The smallest absolute Gasteiger partial charge is 0.319 e. The van der Waals surface area contributed by atoms with Gasteiger partial charge in [-0.05, 0) is 61.4 Å². The SMILES string of the molecule is O=C(Nc1ccc(NC(=O)c2cc3cc(Cl)ccc3o2)cc1)NC1CC1. The molecular formula is C19H16ClN3O3. The molecule has 1 aliphatic rings. The Balaban J connectivity index is 1.40. The molecule has 0 radical (unpaired) electrons. The molecule has 3 aromatic rings. The summed E-state index contributed by atoms with van der Waals surface area (Å²) in [5, 5.41) is 9.71. The maximum absolute atomic E-state index is 12.3. The number of rotatable bonds is 4. The number of carbonyl (C=O) groups excluding carboxylic acids is 2. The average Bonchev–Trinajstić information content (AvgIpc) is 3.31. The standard InChI is InChI=1S/C19H16ClN3O3/c20-12-1-8-16-11(9-12)10-17(26-16)18(24)21-13-2-4-14(5-3-13)22-19(25)23-15-6-7-15/h1-5,8-10,15H,6-7H2,(H,21,24)(H2,22,23,25). The number of carbonyl (C=O) groups is 2. The number of benzene rings is 2. The van der Waals surface area contributed by atoms with Crippen LogP contribution >= 0.6 is 11.6 Å². The summed E-state index contributed by atoms with van der Waals surface area (Å²) in [5.41, 5.74) is 1.85. The molecule has 3 amide bonds. The van der Waals surface area contributed by atoms with Gasteiger partial charge in [-0.1, -0.05) is 11.6 Å². The highest BCUT2D eigenvalue weighted by molar-refractivity contribution is 6.31. The Morgan fingerprint density at radius 3 is 2.35 bits per heavy atom. The van der Waals surface area contributed by atoms with E-state index in [2.05, 4.69) is 16.0 Å². The Morgan fingerprint density at radius 1 is 0.962 bits per heavy atom. The van der Waals surface area contributed by atoms with Gasteiger partial charge < -0.3 is 20.4 Å².